The Balaban J connectivity index is 1.59. The maximum absolute atomic E-state index is 10.8. The Hall–Kier alpha value is -2.89. The minimum atomic E-state index is -0.421. The van der Waals surface area contributed by atoms with Crippen LogP contribution in [0.2, 0.25) is 0 Å². The van der Waals surface area contributed by atoms with Crippen LogP contribution in [0.3, 0.4) is 0 Å². The summed E-state index contributed by atoms with van der Waals surface area (Å²) < 4.78 is 2.61. The van der Waals surface area contributed by atoms with Gasteiger partial charge in [-0.25, -0.2) is 10.2 Å². The minimum Gasteiger partial charge on any atom is -0.266 e. The molecule has 3 aromatic rings. The number of rotatable bonds is 5. The van der Waals surface area contributed by atoms with Crippen LogP contribution in [0.1, 0.15) is 11.1 Å². The highest BCUT2D eigenvalue weighted by atomic mass is 79.9. The van der Waals surface area contributed by atoms with Gasteiger partial charge in [0, 0.05) is 16.6 Å². The molecule has 9 nitrogen and oxygen atoms in total. The molecule has 0 saturated heterocycles. The fourth-order valence-electron chi connectivity index (χ4n) is 2.78. The lowest BCUT2D eigenvalue weighted by Crippen LogP contribution is -2.40. The first-order chi connectivity index (χ1) is 13.5. The Morgan fingerprint density at radius 3 is 2.64 bits per heavy atom. The van der Waals surface area contributed by atoms with Crippen LogP contribution in [0.25, 0.3) is 5.69 Å². The third-order valence-corrected chi connectivity index (χ3v) is 5.26. The number of hydrogen-bond donors (Lipinski definition) is 3. The van der Waals surface area contributed by atoms with Crippen molar-refractivity contribution in [2.45, 2.75) is 11.6 Å². The highest BCUT2D eigenvalue weighted by Crippen LogP contribution is 2.26. The molecular formula is C17H14BrN7O2S. The number of nitro benzene ring substituents is 1. The number of para-hydroxylation sites is 1. The van der Waals surface area contributed by atoms with Crippen molar-refractivity contribution in [3.63, 3.8) is 0 Å². The zero-order valence-electron chi connectivity index (χ0n) is 14.3. The van der Waals surface area contributed by atoms with Crippen molar-refractivity contribution in [1.82, 2.24) is 25.9 Å². The zero-order valence-corrected chi connectivity index (χ0v) is 16.8. The quantitative estimate of drug-likeness (QED) is 0.308. The summed E-state index contributed by atoms with van der Waals surface area (Å²) >= 11 is 8.16. The van der Waals surface area contributed by atoms with Crippen molar-refractivity contribution in [2.24, 2.45) is 5.10 Å². The molecule has 2 N–H and O–H groups in total. The number of thiol groups is 1. The summed E-state index contributed by atoms with van der Waals surface area (Å²) in [4.78, 5) is 10.4. The molecule has 28 heavy (non-hydrogen) atoms. The molecule has 0 radical (unpaired) electrons. The Bertz CT molecular complexity index is 1070. The Morgan fingerprint density at radius 2 is 1.93 bits per heavy atom. The SMILES string of the molecule is O=[N+]([O-])c1ccc(CN2NNN=C2c2cnn(-c3ccccc3Br)c2S)cc1. The average Bonchev–Trinajstić information content (AvgIpc) is 3.29. The first kappa shape index (κ1) is 18.5. The zero-order chi connectivity index (χ0) is 19.7. The van der Waals surface area contributed by atoms with Crippen molar-refractivity contribution in [2.75, 3.05) is 0 Å². The van der Waals surface area contributed by atoms with Gasteiger partial charge >= 0.3 is 0 Å². The van der Waals surface area contributed by atoms with Gasteiger partial charge in [-0.15, -0.1) is 23.3 Å². The number of nitro groups is 1. The van der Waals surface area contributed by atoms with Crippen molar-refractivity contribution in [3.05, 3.63) is 80.4 Å². The number of aromatic nitrogens is 2. The van der Waals surface area contributed by atoms with E-state index in [0.29, 0.717) is 17.4 Å². The third kappa shape index (κ3) is 3.46. The highest BCUT2D eigenvalue weighted by Gasteiger charge is 2.24. The van der Waals surface area contributed by atoms with Gasteiger partial charge < -0.3 is 0 Å². The number of nitrogens with one attached hydrogen (secondary N) is 2. The summed E-state index contributed by atoms with van der Waals surface area (Å²) in [6.07, 6.45) is 1.69. The van der Waals surface area contributed by atoms with Crippen LogP contribution in [0.4, 0.5) is 5.69 Å². The van der Waals surface area contributed by atoms with E-state index in [2.05, 4.69) is 49.8 Å². The van der Waals surface area contributed by atoms with Crippen LogP contribution in [-0.2, 0) is 6.54 Å². The van der Waals surface area contributed by atoms with E-state index in [1.54, 1.807) is 28.0 Å². The maximum Gasteiger partial charge on any atom is 0.269 e. The topological polar surface area (TPSA) is 101 Å². The molecule has 1 aliphatic heterocycles. The highest BCUT2D eigenvalue weighted by molar-refractivity contribution is 9.10. The van der Waals surface area contributed by atoms with Gasteiger partial charge in [0.25, 0.3) is 5.69 Å². The summed E-state index contributed by atoms with van der Waals surface area (Å²) in [6.45, 7) is 0.442. The number of hydrazone groups is 1. The van der Waals surface area contributed by atoms with Gasteiger partial charge in [-0.05, 0) is 33.6 Å². The predicted octanol–water partition coefficient (Wildman–Crippen LogP) is 3.02. The molecule has 0 fully saturated rings. The molecule has 2 heterocycles. The van der Waals surface area contributed by atoms with E-state index in [-0.39, 0.29) is 5.69 Å². The third-order valence-electron chi connectivity index (χ3n) is 4.16. The molecule has 0 amide bonds. The van der Waals surface area contributed by atoms with E-state index in [1.165, 1.54) is 12.1 Å². The first-order valence-corrected chi connectivity index (χ1v) is 9.40. The molecule has 0 atom stereocenters. The summed E-state index contributed by atoms with van der Waals surface area (Å²) in [5, 5.41) is 21.9. The summed E-state index contributed by atoms with van der Waals surface area (Å²) in [7, 11) is 0. The Morgan fingerprint density at radius 1 is 1.18 bits per heavy atom. The normalized spacial score (nSPS) is 13.4. The van der Waals surface area contributed by atoms with Gasteiger partial charge in [0.2, 0.25) is 0 Å². The number of hydrogen-bond acceptors (Lipinski definition) is 8. The van der Waals surface area contributed by atoms with Crippen molar-refractivity contribution >= 4 is 40.1 Å². The fraction of sp³-hybridized carbons (Fsp3) is 0.0588. The molecule has 1 aromatic heterocycles. The summed E-state index contributed by atoms with van der Waals surface area (Å²) in [5.41, 5.74) is 8.21. The minimum absolute atomic E-state index is 0.0532. The summed E-state index contributed by atoms with van der Waals surface area (Å²) in [6, 6.07) is 14.1. The number of non-ortho nitro benzene ring substituents is 1. The molecule has 4 rings (SSSR count). The van der Waals surface area contributed by atoms with Crippen LogP contribution in [0.5, 0.6) is 0 Å². The van der Waals surface area contributed by atoms with Gasteiger partial charge in [-0.2, -0.15) is 5.10 Å². The van der Waals surface area contributed by atoms with E-state index in [1.807, 2.05) is 24.3 Å². The fourth-order valence-corrected chi connectivity index (χ4v) is 3.55. The van der Waals surface area contributed by atoms with E-state index in [0.717, 1.165) is 21.3 Å². The molecule has 0 spiro atoms. The van der Waals surface area contributed by atoms with Gasteiger partial charge in [0.15, 0.2) is 5.84 Å². The number of benzene rings is 2. The van der Waals surface area contributed by atoms with Gasteiger partial charge in [0.1, 0.15) is 5.03 Å². The lowest BCUT2D eigenvalue weighted by molar-refractivity contribution is -0.384. The smallest absolute Gasteiger partial charge is 0.266 e. The second-order valence-electron chi connectivity index (χ2n) is 5.91. The molecular weight excluding hydrogens is 446 g/mol. The maximum atomic E-state index is 10.8. The lowest BCUT2D eigenvalue weighted by atomic mass is 10.2. The van der Waals surface area contributed by atoms with Crippen LogP contribution in [0, 0.1) is 10.1 Å². The monoisotopic (exact) mass is 459 g/mol. The van der Waals surface area contributed by atoms with E-state index < -0.39 is 4.92 Å². The molecule has 1 aliphatic rings. The van der Waals surface area contributed by atoms with E-state index in [9.17, 15) is 10.1 Å². The molecule has 2 aromatic carbocycles. The number of hydrazine groups is 2. The number of nitrogens with zero attached hydrogens (tertiary/aromatic N) is 5. The molecule has 142 valence electrons. The predicted molar refractivity (Wildman–Crippen MR) is 110 cm³/mol. The Kier molecular flexibility index (Phi) is 5.03. The van der Waals surface area contributed by atoms with Crippen LogP contribution in [-0.4, -0.2) is 25.5 Å². The van der Waals surface area contributed by atoms with Crippen molar-refractivity contribution in [1.29, 1.82) is 0 Å². The largest absolute Gasteiger partial charge is 0.269 e. The lowest BCUT2D eigenvalue weighted by Gasteiger charge is -2.18. The molecule has 0 saturated carbocycles. The van der Waals surface area contributed by atoms with Crippen molar-refractivity contribution < 1.29 is 4.92 Å². The van der Waals surface area contributed by atoms with Crippen molar-refractivity contribution in [3.8, 4) is 5.69 Å². The second kappa shape index (κ2) is 7.62. The van der Waals surface area contributed by atoms with Crippen LogP contribution >= 0.6 is 28.6 Å². The molecule has 0 unspecified atom stereocenters. The Labute approximate surface area is 173 Å². The van der Waals surface area contributed by atoms with E-state index >= 15 is 0 Å². The van der Waals surface area contributed by atoms with Crippen LogP contribution in [0.15, 0.2) is 69.3 Å². The average molecular weight is 460 g/mol. The molecule has 0 bridgehead atoms. The number of halogens is 1. The second-order valence-corrected chi connectivity index (χ2v) is 7.19. The van der Waals surface area contributed by atoms with Gasteiger partial charge in [0.05, 0.1) is 28.9 Å². The standard InChI is InChI=1S/C17H14BrN7O2S/c18-14-3-1-2-4-15(14)24-17(28)13(9-19-24)16-20-21-22-23(16)10-11-5-7-12(8-6-11)25(26)27/h1-9,21-22,28H,10H2. The summed E-state index contributed by atoms with van der Waals surface area (Å²) in [5.74, 6) is 0.613. The first-order valence-electron chi connectivity index (χ1n) is 8.16. The number of amidine groups is 1. The van der Waals surface area contributed by atoms with Gasteiger partial charge in [-0.3, -0.25) is 15.1 Å². The van der Waals surface area contributed by atoms with Gasteiger partial charge in [-0.1, -0.05) is 24.3 Å². The molecule has 11 heteroatoms. The van der Waals surface area contributed by atoms with E-state index in [4.69, 9.17) is 0 Å². The van der Waals surface area contributed by atoms with Crippen LogP contribution < -0.4 is 11.1 Å². The molecule has 0 aliphatic carbocycles.